The van der Waals surface area contributed by atoms with E-state index in [2.05, 4.69) is 41.0 Å². The molecule has 7 nitrogen and oxygen atoms in total. The molecule has 1 fully saturated rings. The molecule has 0 bridgehead atoms. The summed E-state index contributed by atoms with van der Waals surface area (Å²) in [6, 6.07) is 11.1. The Labute approximate surface area is 221 Å². The normalized spacial score (nSPS) is 22.0. The maximum absolute atomic E-state index is 13.5. The van der Waals surface area contributed by atoms with Crippen LogP contribution in [0.15, 0.2) is 36.5 Å². The van der Waals surface area contributed by atoms with Crippen LogP contribution < -0.4 is 4.90 Å². The Kier molecular flexibility index (Phi) is 7.72. The molecular formula is C30H42N4O3. The highest BCUT2D eigenvalue weighted by atomic mass is 16.6. The van der Waals surface area contributed by atoms with Crippen LogP contribution in [-0.4, -0.2) is 71.9 Å². The summed E-state index contributed by atoms with van der Waals surface area (Å²) in [5.74, 6) is 0. The topological polar surface area (TPSA) is 58.1 Å². The number of hydrogen-bond donors (Lipinski definition) is 0. The number of rotatable bonds is 5. The number of pyridine rings is 1. The summed E-state index contributed by atoms with van der Waals surface area (Å²) in [6.45, 7) is 13.7. The molecule has 7 heteroatoms. The average Bonchev–Trinajstić information content (AvgIpc) is 2.90. The monoisotopic (exact) mass is 506 g/mol. The number of nitrogens with zero attached hydrogens (tertiary/aromatic N) is 4. The summed E-state index contributed by atoms with van der Waals surface area (Å²) in [4.78, 5) is 25.3. The maximum atomic E-state index is 13.5. The Hall–Kier alpha value is -2.64. The maximum Gasteiger partial charge on any atom is 0.410 e. The van der Waals surface area contributed by atoms with Crippen LogP contribution in [0.1, 0.15) is 69.0 Å². The zero-order chi connectivity index (χ0) is 26.0. The number of carbonyl (C=O) groups is 1. The van der Waals surface area contributed by atoms with E-state index in [9.17, 15) is 4.79 Å². The molecule has 3 aliphatic rings. The van der Waals surface area contributed by atoms with Crippen molar-refractivity contribution in [3.8, 4) is 0 Å². The van der Waals surface area contributed by atoms with Crippen LogP contribution in [0.3, 0.4) is 0 Å². The van der Waals surface area contributed by atoms with Crippen molar-refractivity contribution in [2.75, 3.05) is 44.3 Å². The van der Waals surface area contributed by atoms with Crippen molar-refractivity contribution >= 4 is 11.8 Å². The number of carbonyl (C=O) groups excluding carboxylic acids is 1. The fraction of sp³-hybridized carbons (Fsp3) is 0.600. The minimum atomic E-state index is -0.533. The molecule has 1 aliphatic carbocycles. The number of aromatic nitrogens is 1. The zero-order valence-corrected chi connectivity index (χ0v) is 22.9. The smallest absolute Gasteiger partial charge is 0.410 e. The van der Waals surface area contributed by atoms with E-state index >= 15 is 0 Å². The third kappa shape index (κ3) is 5.78. The second-order valence-corrected chi connectivity index (χ2v) is 11.5. The molecule has 2 aromatic rings. The van der Waals surface area contributed by atoms with Crippen molar-refractivity contribution in [1.29, 1.82) is 0 Å². The van der Waals surface area contributed by atoms with Gasteiger partial charge in [-0.2, -0.15) is 0 Å². The van der Waals surface area contributed by atoms with Crippen LogP contribution in [-0.2, 0) is 28.9 Å². The average molecular weight is 507 g/mol. The Bertz CT molecular complexity index is 1090. The Morgan fingerprint density at radius 1 is 1.16 bits per heavy atom. The molecule has 0 radical (unpaired) electrons. The molecule has 1 amide bonds. The largest absolute Gasteiger partial charge is 0.444 e. The first-order chi connectivity index (χ1) is 17.8. The van der Waals surface area contributed by atoms with Crippen LogP contribution in [0, 0.1) is 0 Å². The van der Waals surface area contributed by atoms with Gasteiger partial charge in [-0.25, -0.2) is 4.79 Å². The van der Waals surface area contributed by atoms with Crippen molar-refractivity contribution in [3.05, 3.63) is 58.9 Å². The Morgan fingerprint density at radius 3 is 2.70 bits per heavy atom. The lowest BCUT2D eigenvalue weighted by molar-refractivity contribution is 0.00504. The summed E-state index contributed by atoms with van der Waals surface area (Å²) in [7, 11) is 0. The minimum absolute atomic E-state index is 0.0265. The summed E-state index contributed by atoms with van der Waals surface area (Å²) in [5.41, 5.74) is 5.93. The minimum Gasteiger partial charge on any atom is -0.444 e. The van der Waals surface area contributed by atoms with Crippen molar-refractivity contribution < 1.29 is 14.3 Å². The van der Waals surface area contributed by atoms with E-state index in [4.69, 9.17) is 14.5 Å². The first kappa shape index (κ1) is 26.0. The van der Waals surface area contributed by atoms with Gasteiger partial charge in [0.15, 0.2) is 0 Å². The highest BCUT2D eigenvalue weighted by Gasteiger charge is 2.37. The summed E-state index contributed by atoms with van der Waals surface area (Å²) >= 11 is 0. The number of aryl methyl sites for hydroxylation is 1. The molecule has 0 saturated carbocycles. The van der Waals surface area contributed by atoms with Gasteiger partial charge in [-0.05, 0) is 81.8 Å². The molecule has 3 heterocycles. The molecule has 1 saturated heterocycles. The fourth-order valence-electron chi connectivity index (χ4n) is 6.15. The second-order valence-electron chi connectivity index (χ2n) is 11.5. The van der Waals surface area contributed by atoms with Gasteiger partial charge in [-0.15, -0.1) is 0 Å². The molecule has 2 aliphatic heterocycles. The summed E-state index contributed by atoms with van der Waals surface area (Å²) in [6.07, 6.45) is 5.89. The van der Waals surface area contributed by atoms with Crippen molar-refractivity contribution in [2.24, 2.45) is 0 Å². The fourth-order valence-corrected chi connectivity index (χ4v) is 6.15. The van der Waals surface area contributed by atoms with E-state index in [1.54, 1.807) is 0 Å². The lowest BCUT2D eigenvalue weighted by Crippen LogP contribution is -2.52. The SMILES string of the molecule is CCN(C[C@H]1Cc2c(cccc2N2CCOCC2)CN1C(=O)OC(C)(C)C)[C@H]1CCCc2cccnc21. The molecule has 2 atom stereocenters. The van der Waals surface area contributed by atoms with Crippen LogP contribution in [0.25, 0.3) is 0 Å². The van der Waals surface area contributed by atoms with Gasteiger partial charge in [0.25, 0.3) is 0 Å². The number of hydrogen-bond acceptors (Lipinski definition) is 6. The van der Waals surface area contributed by atoms with Crippen LogP contribution >= 0.6 is 0 Å². The number of morpholine rings is 1. The van der Waals surface area contributed by atoms with E-state index in [0.717, 1.165) is 58.7 Å². The van der Waals surface area contributed by atoms with Gasteiger partial charge < -0.3 is 14.4 Å². The number of benzene rings is 1. The van der Waals surface area contributed by atoms with E-state index in [-0.39, 0.29) is 18.2 Å². The van der Waals surface area contributed by atoms with Gasteiger partial charge in [-0.1, -0.05) is 25.1 Å². The zero-order valence-electron chi connectivity index (χ0n) is 22.9. The molecule has 5 rings (SSSR count). The predicted molar refractivity (Wildman–Crippen MR) is 146 cm³/mol. The molecular weight excluding hydrogens is 464 g/mol. The van der Waals surface area contributed by atoms with E-state index in [0.29, 0.717) is 6.54 Å². The Morgan fingerprint density at radius 2 is 1.95 bits per heavy atom. The number of anilines is 1. The van der Waals surface area contributed by atoms with Crippen molar-refractivity contribution in [2.45, 2.75) is 77.6 Å². The van der Waals surface area contributed by atoms with Crippen molar-refractivity contribution in [3.63, 3.8) is 0 Å². The van der Waals surface area contributed by atoms with E-state index in [1.807, 2.05) is 37.9 Å². The summed E-state index contributed by atoms with van der Waals surface area (Å²) in [5, 5.41) is 0. The molecule has 0 spiro atoms. The molecule has 1 aromatic heterocycles. The molecule has 1 aromatic carbocycles. The van der Waals surface area contributed by atoms with Gasteiger partial charge in [0, 0.05) is 38.1 Å². The number of amides is 1. The molecule has 0 unspecified atom stereocenters. The first-order valence-electron chi connectivity index (χ1n) is 13.9. The van der Waals surface area contributed by atoms with Crippen LogP contribution in [0.2, 0.25) is 0 Å². The Balaban J connectivity index is 1.46. The van der Waals surface area contributed by atoms with Crippen molar-refractivity contribution in [1.82, 2.24) is 14.8 Å². The number of likely N-dealkylation sites (N-methyl/N-ethyl adjacent to an activating group) is 1. The second kappa shape index (κ2) is 11.0. The van der Waals surface area contributed by atoms with Crippen LogP contribution in [0.4, 0.5) is 10.5 Å². The lowest BCUT2D eigenvalue weighted by atomic mass is 9.88. The molecule has 200 valence electrons. The van der Waals surface area contributed by atoms with Gasteiger partial charge in [-0.3, -0.25) is 14.8 Å². The molecule has 0 N–H and O–H groups in total. The standard InChI is InChI=1S/C30H42N4O3/c1-5-32(27-13-6-9-22-11-8-14-31-28(22)27)21-24-19-25-23(20-34(24)29(35)37-30(2,3)4)10-7-12-26(25)33-15-17-36-18-16-33/h7-8,10-12,14,24,27H,5-6,9,13,15-21H2,1-4H3/t24-,27+/m1/s1. The van der Waals surface area contributed by atoms with Gasteiger partial charge in [0.2, 0.25) is 0 Å². The first-order valence-corrected chi connectivity index (χ1v) is 13.9. The number of ether oxygens (including phenoxy) is 2. The highest BCUT2D eigenvalue weighted by molar-refractivity contribution is 5.70. The summed E-state index contributed by atoms with van der Waals surface area (Å²) < 4.78 is 11.5. The predicted octanol–water partition coefficient (Wildman–Crippen LogP) is 4.98. The third-order valence-corrected chi connectivity index (χ3v) is 7.91. The quantitative estimate of drug-likeness (QED) is 0.570. The lowest BCUT2D eigenvalue weighted by Gasteiger charge is -2.43. The highest BCUT2D eigenvalue weighted by Crippen LogP contribution is 2.36. The van der Waals surface area contributed by atoms with Gasteiger partial charge in [0.1, 0.15) is 5.60 Å². The third-order valence-electron chi connectivity index (χ3n) is 7.91. The van der Waals surface area contributed by atoms with E-state index < -0.39 is 5.60 Å². The molecule has 37 heavy (non-hydrogen) atoms. The van der Waals surface area contributed by atoms with Crippen LogP contribution in [0.5, 0.6) is 0 Å². The van der Waals surface area contributed by atoms with E-state index in [1.165, 1.54) is 34.5 Å². The van der Waals surface area contributed by atoms with Gasteiger partial charge >= 0.3 is 6.09 Å². The van der Waals surface area contributed by atoms with Gasteiger partial charge in [0.05, 0.1) is 31.0 Å². The number of fused-ring (bicyclic) bond motifs is 2.